The first-order valence-corrected chi connectivity index (χ1v) is 8.96. The number of carbonyl (C=O) groups is 1. The summed E-state index contributed by atoms with van der Waals surface area (Å²) < 4.78 is 5.66. The second-order valence-corrected chi connectivity index (χ2v) is 6.75. The Bertz CT molecular complexity index is 765. The number of hydrogen-bond acceptors (Lipinski definition) is 3. The van der Waals surface area contributed by atoms with Crippen LogP contribution in [0.4, 0.5) is 0 Å². The maximum atomic E-state index is 12.0. The average Bonchev–Trinajstić information content (AvgIpc) is 3.07. The lowest BCUT2D eigenvalue weighted by atomic mass is 10.1. The van der Waals surface area contributed by atoms with Crippen LogP contribution in [0.25, 0.3) is 0 Å². The molecule has 2 aromatic rings. The Morgan fingerprint density at radius 2 is 2.00 bits per heavy atom. The average molecular weight is 395 g/mol. The molecule has 140 valence electrons. The maximum absolute atomic E-state index is 12.0. The Hall–Kier alpha value is -1.75. The van der Waals surface area contributed by atoms with Crippen molar-refractivity contribution in [2.75, 3.05) is 6.61 Å². The second kappa shape index (κ2) is 9.81. The predicted octanol–water partition coefficient (Wildman–Crippen LogP) is 4.15. The molecule has 2 N–H and O–H groups in total. The van der Waals surface area contributed by atoms with Crippen molar-refractivity contribution in [2.24, 2.45) is 0 Å². The number of rotatable bonds is 7. The molecule has 4 nitrogen and oxygen atoms in total. The number of benzene rings is 2. The van der Waals surface area contributed by atoms with Crippen LogP contribution in [-0.4, -0.2) is 12.5 Å². The summed E-state index contributed by atoms with van der Waals surface area (Å²) in [7, 11) is 0. The highest BCUT2D eigenvalue weighted by molar-refractivity contribution is 6.31. The van der Waals surface area contributed by atoms with Crippen molar-refractivity contribution in [3.05, 3.63) is 63.7 Å². The van der Waals surface area contributed by atoms with Crippen molar-refractivity contribution in [3.8, 4) is 5.75 Å². The van der Waals surface area contributed by atoms with E-state index in [1.54, 1.807) is 0 Å². The number of halogens is 2. The Kier molecular flexibility index (Phi) is 7.76. The third-order valence-corrected chi connectivity index (χ3v) is 4.76. The smallest absolute Gasteiger partial charge is 0.220 e. The molecule has 0 unspecified atom stereocenters. The molecule has 2 aromatic carbocycles. The monoisotopic (exact) mass is 394 g/mol. The summed E-state index contributed by atoms with van der Waals surface area (Å²) in [5.74, 6) is 0.837. The first kappa shape index (κ1) is 20.6. The lowest BCUT2D eigenvalue weighted by Gasteiger charge is -2.09. The van der Waals surface area contributed by atoms with Crippen LogP contribution in [-0.2, 0) is 24.4 Å². The van der Waals surface area contributed by atoms with Crippen LogP contribution >= 0.6 is 24.0 Å². The van der Waals surface area contributed by atoms with Crippen LogP contribution in [0.3, 0.4) is 0 Å². The van der Waals surface area contributed by atoms with E-state index in [9.17, 15) is 4.79 Å². The fraction of sp³-hybridized carbons (Fsp3) is 0.350. The summed E-state index contributed by atoms with van der Waals surface area (Å²) in [6.07, 6.45) is 1.14. The first-order valence-electron chi connectivity index (χ1n) is 8.59. The van der Waals surface area contributed by atoms with Crippen LogP contribution in [0.2, 0.25) is 5.02 Å². The van der Waals surface area contributed by atoms with E-state index in [1.807, 2.05) is 25.1 Å². The molecule has 1 aliphatic rings. The van der Waals surface area contributed by atoms with Crippen molar-refractivity contribution in [3.63, 3.8) is 0 Å². The van der Waals surface area contributed by atoms with Crippen molar-refractivity contribution in [1.82, 2.24) is 10.6 Å². The van der Waals surface area contributed by atoms with Gasteiger partial charge < -0.3 is 15.4 Å². The molecule has 0 saturated carbocycles. The molecule has 0 aliphatic carbocycles. The minimum atomic E-state index is 0. The molecule has 1 aliphatic heterocycles. The highest BCUT2D eigenvalue weighted by Gasteiger charge is 2.10. The quantitative estimate of drug-likeness (QED) is 0.693. The molecule has 0 bridgehead atoms. The van der Waals surface area contributed by atoms with Gasteiger partial charge in [0.1, 0.15) is 5.75 Å². The van der Waals surface area contributed by atoms with E-state index in [1.165, 1.54) is 11.1 Å². The number of carbonyl (C=O) groups excluding carboxylic acids is 1. The highest BCUT2D eigenvalue weighted by atomic mass is 35.5. The molecule has 1 heterocycles. The minimum absolute atomic E-state index is 0. The Balaban J connectivity index is 0.00000243. The Morgan fingerprint density at radius 1 is 1.19 bits per heavy atom. The van der Waals surface area contributed by atoms with Gasteiger partial charge in [-0.2, -0.15) is 0 Å². The number of fused-ring (bicyclic) bond motifs is 1. The molecular formula is C20H24Cl2N2O2. The van der Waals surface area contributed by atoms with Gasteiger partial charge in [-0.25, -0.2) is 0 Å². The summed E-state index contributed by atoms with van der Waals surface area (Å²) >= 11 is 5.99. The number of ether oxygens (including phenoxy) is 1. The van der Waals surface area contributed by atoms with Crippen LogP contribution < -0.4 is 15.4 Å². The lowest BCUT2D eigenvalue weighted by Crippen LogP contribution is -2.23. The van der Waals surface area contributed by atoms with E-state index in [2.05, 4.69) is 28.8 Å². The summed E-state index contributed by atoms with van der Waals surface area (Å²) in [5, 5.41) is 7.03. The number of amides is 1. The number of hydrogen-bond donors (Lipinski definition) is 2. The Labute approximate surface area is 165 Å². The zero-order valence-corrected chi connectivity index (χ0v) is 16.4. The van der Waals surface area contributed by atoms with Gasteiger partial charge in [-0.15, -0.1) is 12.4 Å². The van der Waals surface area contributed by atoms with Gasteiger partial charge in [-0.1, -0.05) is 29.8 Å². The molecule has 0 aromatic heterocycles. The van der Waals surface area contributed by atoms with E-state index in [0.717, 1.165) is 35.0 Å². The van der Waals surface area contributed by atoms with E-state index < -0.39 is 0 Å². The van der Waals surface area contributed by atoms with Crippen molar-refractivity contribution in [1.29, 1.82) is 0 Å². The summed E-state index contributed by atoms with van der Waals surface area (Å²) in [6, 6.07) is 12.0. The fourth-order valence-electron chi connectivity index (χ4n) is 2.88. The first-order chi connectivity index (χ1) is 12.1. The van der Waals surface area contributed by atoms with Crippen LogP contribution in [0.5, 0.6) is 5.75 Å². The molecule has 0 atom stereocenters. The largest absolute Gasteiger partial charge is 0.494 e. The van der Waals surface area contributed by atoms with Crippen LogP contribution in [0.1, 0.15) is 35.1 Å². The summed E-state index contributed by atoms with van der Waals surface area (Å²) in [4.78, 5) is 12.0. The van der Waals surface area contributed by atoms with Crippen LogP contribution in [0, 0.1) is 6.92 Å². The molecule has 6 heteroatoms. The Morgan fingerprint density at radius 3 is 2.81 bits per heavy atom. The molecule has 3 rings (SSSR count). The number of aryl methyl sites for hydroxylation is 1. The predicted molar refractivity (Wildman–Crippen MR) is 107 cm³/mol. The van der Waals surface area contributed by atoms with Gasteiger partial charge >= 0.3 is 0 Å². The van der Waals surface area contributed by atoms with E-state index in [4.69, 9.17) is 16.3 Å². The summed E-state index contributed by atoms with van der Waals surface area (Å²) in [5.41, 5.74) is 4.81. The maximum Gasteiger partial charge on any atom is 0.220 e. The SMILES string of the molecule is Cc1cc(OCCCC(=O)NCc2ccc3c(c2)CNC3)ccc1Cl.Cl. The normalized spacial score (nSPS) is 12.2. The molecule has 1 amide bonds. The van der Waals surface area contributed by atoms with Crippen molar-refractivity contribution >= 4 is 29.9 Å². The molecule has 0 fully saturated rings. The van der Waals surface area contributed by atoms with E-state index in [-0.39, 0.29) is 18.3 Å². The summed E-state index contributed by atoms with van der Waals surface area (Å²) in [6.45, 7) is 4.88. The van der Waals surface area contributed by atoms with Gasteiger partial charge in [0.15, 0.2) is 0 Å². The zero-order valence-electron chi connectivity index (χ0n) is 14.8. The molecule has 26 heavy (non-hydrogen) atoms. The number of nitrogens with one attached hydrogen (secondary N) is 2. The third kappa shape index (κ3) is 5.63. The standard InChI is InChI=1S/C20H23ClN2O2.ClH/c1-14-9-18(6-7-19(14)21)25-8-2-3-20(24)23-11-15-4-5-16-12-22-13-17(16)10-15;/h4-7,9-10,22H,2-3,8,11-13H2,1H3,(H,23,24);1H. The molecular weight excluding hydrogens is 371 g/mol. The van der Waals surface area contributed by atoms with Gasteiger partial charge in [-0.3, -0.25) is 4.79 Å². The molecule has 0 radical (unpaired) electrons. The van der Waals surface area contributed by atoms with Gasteiger partial charge in [0.05, 0.1) is 6.61 Å². The molecule has 0 saturated heterocycles. The zero-order chi connectivity index (χ0) is 17.6. The minimum Gasteiger partial charge on any atom is -0.494 e. The van der Waals surface area contributed by atoms with Crippen molar-refractivity contribution in [2.45, 2.75) is 39.4 Å². The van der Waals surface area contributed by atoms with Crippen LogP contribution in [0.15, 0.2) is 36.4 Å². The van der Waals surface area contributed by atoms with Gasteiger partial charge in [0, 0.05) is 31.1 Å². The van der Waals surface area contributed by atoms with Gasteiger partial charge in [-0.05, 0) is 53.8 Å². The topological polar surface area (TPSA) is 50.4 Å². The van der Waals surface area contributed by atoms with E-state index in [0.29, 0.717) is 26.0 Å². The third-order valence-electron chi connectivity index (χ3n) is 4.34. The van der Waals surface area contributed by atoms with Crippen molar-refractivity contribution < 1.29 is 9.53 Å². The highest BCUT2D eigenvalue weighted by Crippen LogP contribution is 2.21. The van der Waals surface area contributed by atoms with Gasteiger partial charge in [0.2, 0.25) is 5.91 Å². The fourth-order valence-corrected chi connectivity index (χ4v) is 2.99. The second-order valence-electron chi connectivity index (χ2n) is 6.35. The lowest BCUT2D eigenvalue weighted by molar-refractivity contribution is -0.121. The van der Waals surface area contributed by atoms with Gasteiger partial charge in [0.25, 0.3) is 0 Å². The van der Waals surface area contributed by atoms with E-state index >= 15 is 0 Å². The molecule has 0 spiro atoms.